The van der Waals surface area contributed by atoms with Crippen LogP contribution in [0.3, 0.4) is 0 Å². The van der Waals surface area contributed by atoms with Crippen molar-refractivity contribution in [1.29, 1.82) is 0 Å². The number of halogens is 3. The topological polar surface area (TPSA) is 21.3 Å². The highest BCUT2D eigenvalue weighted by molar-refractivity contribution is 5.33. The van der Waals surface area contributed by atoms with Crippen molar-refractivity contribution in [2.75, 3.05) is 0 Å². The Morgan fingerprint density at radius 3 is 2.25 bits per heavy atom. The number of nitrogens with one attached hydrogen (secondary N) is 1. The predicted molar refractivity (Wildman–Crippen MR) is 69.2 cm³/mol. The zero-order valence-corrected chi connectivity index (χ0v) is 11.1. The van der Waals surface area contributed by atoms with E-state index in [1.54, 1.807) is 18.2 Å². The maximum atomic E-state index is 12.4. The molecule has 0 aromatic heterocycles. The fraction of sp³-hybridized carbons (Fsp3) is 0.600. The Labute approximate surface area is 116 Å². The van der Waals surface area contributed by atoms with Gasteiger partial charge in [-0.15, -0.1) is 13.2 Å². The molecule has 2 aliphatic rings. The molecule has 0 aliphatic heterocycles. The highest BCUT2D eigenvalue weighted by atomic mass is 19.4. The molecule has 0 radical (unpaired) electrons. The molecule has 5 heteroatoms. The normalized spacial score (nSPS) is 19.4. The average Bonchev–Trinajstić information content (AvgIpc) is 3.24. The highest BCUT2D eigenvalue weighted by Gasteiger charge is 2.41. The fourth-order valence-electron chi connectivity index (χ4n) is 2.73. The van der Waals surface area contributed by atoms with E-state index in [4.69, 9.17) is 0 Å². The van der Waals surface area contributed by atoms with Crippen LogP contribution < -0.4 is 10.1 Å². The minimum absolute atomic E-state index is 0.0992. The van der Waals surface area contributed by atoms with Gasteiger partial charge in [-0.2, -0.15) is 0 Å². The molecule has 3 rings (SSSR count). The quantitative estimate of drug-likeness (QED) is 0.857. The third-order valence-corrected chi connectivity index (χ3v) is 3.99. The van der Waals surface area contributed by atoms with Crippen LogP contribution >= 0.6 is 0 Å². The zero-order valence-electron chi connectivity index (χ0n) is 11.1. The lowest BCUT2D eigenvalue weighted by molar-refractivity contribution is -0.274. The molecule has 1 N–H and O–H groups in total. The third-order valence-electron chi connectivity index (χ3n) is 3.99. The molecular formula is C15H18F3NO. The summed E-state index contributed by atoms with van der Waals surface area (Å²) < 4.78 is 41.1. The molecule has 2 nitrogen and oxygen atoms in total. The number of hydrogen-bond donors (Lipinski definition) is 1. The predicted octanol–water partition coefficient (Wildman–Crippen LogP) is 3.86. The molecule has 0 atom stereocenters. The number of hydrogen-bond acceptors (Lipinski definition) is 2. The summed E-state index contributed by atoms with van der Waals surface area (Å²) in [5.41, 5.74) is 0.566. The van der Waals surface area contributed by atoms with Crippen LogP contribution in [0.4, 0.5) is 13.2 Å². The summed E-state index contributed by atoms with van der Waals surface area (Å²) in [7, 11) is 0. The highest BCUT2D eigenvalue weighted by Crippen LogP contribution is 2.44. The maximum Gasteiger partial charge on any atom is 0.573 e. The van der Waals surface area contributed by atoms with Gasteiger partial charge in [-0.1, -0.05) is 18.2 Å². The van der Waals surface area contributed by atoms with Crippen LogP contribution in [0.2, 0.25) is 0 Å². The number of rotatable bonds is 6. The Kier molecular flexibility index (Phi) is 3.63. The second kappa shape index (κ2) is 5.28. The van der Waals surface area contributed by atoms with Crippen LogP contribution in [-0.2, 0) is 6.54 Å². The molecule has 0 amide bonds. The Morgan fingerprint density at radius 1 is 1.10 bits per heavy atom. The lowest BCUT2D eigenvalue weighted by Crippen LogP contribution is -2.32. The van der Waals surface area contributed by atoms with Gasteiger partial charge in [0, 0.05) is 18.2 Å². The van der Waals surface area contributed by atoms with Gasteiger partial charge in [-0.3, -0.25) is 0 Å². The molecule has 2 saturated carbocycles. The number of alkyl halides is 3. The summed E-state index contributed by atoms with van der Waals surface area (Å²) in [6.07, 6.45) is 0.343. The standard InChI is InChI=1S/C15H18F3NO/c16-15(17,18)20-13-4-2-1-3-12(13)9-19-14(10-5-6-10)11-7-8-11/h1-4,10-11,14,19H,5-9H2. The van der Waals surface area contributed by atoms with Crippen molar-refractivity contribution in [3.8, 4) is 5.75 Å². The van der Waals surface area contributed by atoms with Gasteiger partial charge in [-0.25, -0.2) is 0 Å². The van der Waals surface area contributed by atoms with E-state index in [1.165, 1.54) is 31.7 Å². The summed E-state index contributed by atoms with van der Waals surface area (Å²) in [5, 5.41) is 3.44. The van der Waals surface area contributed by atoms with Gasteiger partial charge in [0.25, 0.3) is 0 Å². The number of para-hydroxylation sites is 1. The Morgan fingerprint density at radius 2 is 1.70 bits per heavy atom. The summed E-state index contributed by atoms with van der Waals surface area (Å²) in [4.78, 5) is 0. The molecule has 0 spiro atoms. The van der Waals surface area contributed by atoms with Gasteiger partial charge in [-0.05, 0) is 43.6 Å². The molecular weight excluding hydrogens is 267 g/mol. The van der Waals surface area contributed by atoms with E-state index < -0.39 is 6.36 Å². The lowest BCUT2D eigenvalue weighted by Gasteiger charge is -2.19. The van der Waals surface area contributed by atoms with Crippen molar-refractivity contribution in [3.63, 3.8) is 0 Å². The molecule has 0 bridgehead atoms. The second-order valence-corrected chi connectivity index (χ2v) is 5.74. The molecule has 0 heterocycles. The minimum Gasteiger partial charge on any atom is -0.405 e. The van der Waals surface area contributed by atoms with E-state index in [1.807, 2.05) is 0 Å². The molecule has 0 unspecified atom stereocenters. The smallest absolute Gasteiger partial charge is 0.405 e. The lowest BCUT2D eigenvalue weighted by atomic mass is 10.1. The zero-order chi connectivity index (χ0) is 14.2. The Bertz CT molecular complexity index is 454. The number of ether oxygens (including phenoxy) is 1. The summed E-state index contributed by atoms with van der Waals surface area (Å²) in [6, 6.07) is 6.82. The maximum absolute atomic E-state index is 12.4. The summed E-state index contributed by atoms with van der Waals surface area (Å²) in [6.45, 7) is 0.434. The molecule has 1 aromatic rings. The third kappa shape index (κ3) is 3.66. The van der Waals surface area contributed by atoms with Crippen molar-refractivity contribution < 1.29 is 17.9 Å². The van der Waals surface area contributed by atoms with Gasteiger partial charge in [0.2, 0.25) is 0 Å². The SMILES string of the molecule is FC(F)(F)Oc1ccccc1CNC(C1CC1)C1CC1. The number of benzene rings is 1. The Hall–Kier alpha value is -1.23. The first kappa shape index (κ1) is 13.7. The van der Waals surface area contributed by atoms with E-state index in [0.29, 0.717) is 18.2 Å². The van der Waals surface area contributed by atoms with Gasteiger partial charge in [0.1, 0.15) is 5.75 Å². The van der Waals surface area contributed by atoms with E-state index in [-0.39, 0.29) is 5.75 Å². The van der Waals surface area contributed by atoms with Crippen molar-refractivity contribution >= 4 is 0 Å². The molecule has 0 saturated heterocycles. The van der Waals surface area contributed by atoms with Crippen LogP contribution in [0.15, 0.2) is 24.3 Å². The van der Waals surface area contributed by atoms with Crippen LogP contribution in [0.25, 0.3) is 0 Å². The van der Waals surface area contributed by atoms with E-state index in [0.717, 1.165) is 11.8 Å². The van der Waals surface area contributed by atoms with Crippen LogP contribution in [-0.4, -0.2) is 12.4 Å². The van der Waals surface area contributed by atoms with E-state index >= 15 is 0 Å². The van der Waals surface area contributed by atoms with Gasteiger partial charge in [0.05, 0.1) is 0 Å². The van der Waals surface area contributed by atoms with Crippen molar-refractivity contribution in [1.82, 2.24) is 5.32 Å². The van der Waals surface area contributed by atoms with Crippen LogP contribution in [0.5, 0.6) is 5.75 Å². The summed E-state index contributed by atoms with van der Waals surface area (Å²) >= 11 is 0. The van der Waals surface area contributed by atoms with Gasteiger partial charge >= 0.3 is 6.36 Å². The second-order valence-electron chi connectivity index (χ2n) is 5.74. The molecule has 1 aromatic carbocycles. The van der Waals surface area contributed by atoms with Crippen molar-refractivity contribution in [2.24, 2.45) is 11.8 Å². The Balaban J connectivity index is 1.64. The average molecular weight is 285 g/mol. The minimum atomic E-state index is -4.64. The monoisotopic (exact) mass is 285 g/mol. The van der Waals surface area contributed by atoms with Crippen molar-refractivity contribution in [3.05, 3.63) is 29.8 Å². The van der Waals surface area contributed by atoms with E-state index in [2.05, 4.69) is 10.1 Å². The molecule has 2 aliphatic carbocycles. The largest absolute Gasteiger partial charge is 0.573 e. The van der Waals surface area contributed by atoms with E-state index in [9.17, 15) is 13.2 Å². The first-order chi connectivity index (χ1) is 9.53. The first-order valence-corrected chi connectivity index (χ1v) is 7.10. The van der Waals surface area contributed by atoms with Crippen molar-refractivity contribution in [2.45, 2.75) is 44.6 Å². The first-order valence-electron chi connectivity index (χ1n) is 7.10. The molecule has 20 heavy (non-hydrogen) atoms. The van der Waals surface area contributed by atoms with Gasteiger partial charge in [0.15, 0.2) is 0 Å². The molecule has 2 fully saturated rings. The van der Waals surface area contributed by atoms with Crippen LogP contribution in [0.1, 0.15) is 31.2 Å². The van der Waals surface area contributed by atoms with Gasteiger partial charge < -0.3 is 10.1 Å². The summed E-state index contributed by atoms with van der Waals surface area (Å²) in [5.74, 6) is 1.34. The molecule has 110 valence electrons. The van der Waals surface area contributed by atoms with Crippen LogP contribution in [0, 0.1) is 11.8 Å². The fourth-order valence-corrected chi connectivity index (χ4v) is 2.73.